The molecule has 2 rings (SSSR count). The Labute approximate surface area is 109 Å². The molecule has 0 atom stereocenters. The normalized spacial score (nSPS) is 11.6. The maximum Gasteiger partial charge on any atom is 0.243 e. The smallest absolute Gasteiger partial charge is 0.243 e. The summed E-state index contributed by atoms with van der Waals surface area (Å²) in [5.74, 6) is 0.888. The van der Waals surface area contributed by atoms with Crippen LogP contribution >= 0.6 is 0 Å². The highest BCUT2D eigenvalue weighted by Crippen LogP contribution is 2.06. The number of aryl methyl sites for hydroxylation is 1. The van der Waals surface area contributed by atoms with Crippen LogP contribution in [0.3, 0.4) is 0 Å². The monoisotopic (exact) mass is 284 g/mol. The van der Waals surface area contributed by atoms with Gasteiger partial charge in [0.05, 0.1) is 12.4 Å². The summed E-state index contributed by atoms with van der Waals surface area (Å²) < 4.78 is 30.9. The van der Waals surface area contributed by atoms with Crippen molar-refractivity contribution in [1.82, 2.24) is 24.8 Å². The van der Waals surface area contributed by atoms with E-state index in [4.69, 9.17) is 10.3 Å². The zero-order chi connectivity index (χ0) is 13.9. The molecule has 0 aliphatic heterocycles. The Hall–Kier alpha value is -2.07. The predicted octanol–water partition coefficient (Wildman–Crippen LogP) is -0.729. The van der Waals surface area contributed by atoms with Crippen LogP contribution in [0.1, 0.15) is 11.7 Å². The Morgan fingerprint density at radius 2 is 2.05 bits per heavy atom. The molecule has 2 heterocycles. The summed E-state index contributed by atoms with van der Waals surface area (Å²) in [6.07, 6.45) is 2.58. The molecule has 3 N–H and O–H groups in total. The van der Waals surface area contributed by atoms with Crippen molar-refractivity contribution in [2.24, 2.45) is 0 Å². The molecule has 0 saturated carbocycles. The van der Waals surface area contributed by atoms with Crippen LogP contribution in [0.4, 0.5) is 5.95 Å². The molecule has 0 unspecified atom stereocenters. The van der Waals surface area contributed by atoms with Crippen LogP contribution in [-0.2, 0) is 16.4 Å². The van der Waals surface area contributed by atoms with Crippen LogP contribution in [-0.4, -0.2) is 35.1 Å². The Kier molecular flexibility index (Phi) is 3.71. The highest BCUT2D eigenvalue weighted by atomic mass is 32.2. The Morgan fingerprint density at radius 3 is 2.63 bits per heavy atom. The SMILES string of the molecule is Cc1noc(CCNS(=O)(=O)c2cnc(N)nc2)n1. The minimum absolute atomic E-state index is 0.0142. The number of nitrogens with two attached hydrogens (primary N) is 1. The van der Waals surface area contributed by atoms with Crippen LogP contribution in [0.15, 0.2) is 21.8 Å². The van der Waals surface area contributed by atoms with Gasteiger partial charge in [-0.15, -0.1) is 0 Å². The zero-order valence-corrected chi connectivity index (χ0v) is 10.9. The molecule has 0 spiro atoms. The lowest BCUT2D eigenvalue weighted by molar-refractivity contribution is 0.375. The first-order valence-corrected chi connectivity index (χ1v) is 6.82. The Bertz CT molecular complexity index is 651. The van der Waals surface area contributed by atoms with E-state index in [1.807, 2.05) is 0 Å². The third kappa shape index (κ3) is 3.45. The van der Waals surface area contributed by atoms with E-state index in [0.717, 1.165) is 12.4 Å². The van der Waals surface area contributed by atoms with Crippen molar-refractivity contribution in [3.05, 3.63) is 24.1 Å². The summed E-state index contributed by atoms with van der Waals surface area (Å²) in [6.45, 7) is 1.82. The van der Waals surface area contributed by atoms with Gasteiger partial charge in [-0.05, 0) is 6.92 Å². The molecule has 0 fully saturated rings. The molecule has 2 aromatic heterocycles. The fourth-order valence-corrected chi connectivity index (χ4v) is 2.20. The lowest BCUT2D eigenvalue weighted by Gasteiger charge is -2.04. The molecular formula is C9H12N6O3S. The van der Waals surface area contributed by atoms with Crippen LogP contribution in [0.25, 0.3) is 0 Å². The summed E-state index contributed by atoms with van der Waals surface area (Å²) in [5.41, 5.74) is 5.28. The number of nitrogens with zero attached hydrogens (tertiary/aromatic N) is 4. The number of anilines is 1. The second-order valence-electron chi connectivity index (χ2n) is 3.66. The summed E-state index contributed by atoms with van der Waals surface area (Å²) in [7, 11) is -3.66. The van der Waals surface area contributed by atoms with Gasteiger partial charge in [0.2, 0.25) is 21.9 Å². The minimum Gasteiger partial charge on any atom is -0.368 e. The van der Waals surface area contributed by atoms with E-state index in [-0.39, 0.29) is 17.4 Å². The van der Waals surface area contributed by atoms with Crippen molar-refractivity contribution < 1.29 is 12.9 Å². The lowest BCUT2D eigenvalue weighted by Crippen LogP contribution is -2.26. The average molecular weight is 284 g/mol. The van der Waals surface area contributed by atoms with E-state index in [1.165, 1.54) is 0 Å². The van der Waals surface area contributed by atoms with Gasteiger partial charge in [0.15, 0.2) is 5.82 Å². The van der Waals surface area contributed by atoms with Crippen molar-refractivity contribution in [2.45, 2.75) is 18.2 Å². The van der Waals surface area contributed by atoms with Crippen molar-refractivity contribution in [2.75, 3.05) is 12.3 Å². The van der Waals surface area contributed by atoms with Crippen LogP contribution in [0, 0.1) is 6.92 Å². The first-order chi connectivity index (χ1) is 8.97. The van der Waals surface area contributed by atoms with E-state index >= 15 is 0 Å². The maximum absolute atomic E-state index is 11.8. The highest BCUT2D eigenvalue weighted by Gasteiger charge is 2.15. The van der Waals surface area contributed by atoms with Gasteiger partial charge in [-0.3, -0.25) is 0 Å². The van der Waals surface area contributed by atoms with Crippen LogP contribution < -0.4 is 10.5 Å². The van der Waals surface area contributed by atoms with E-state index in [9.17, 15) is 8.42 Å². The third-order valence-corrected chi connectivity index (χ3v) is 3.57. The van der Waals surface area contributed by atoms with E-state index in [0.29, 0.717) is 18.1 Å². The van der Waals surface area contributed by atoms with Gasteiger partial charge in [-0.1, -0.05) is 5.16 Å². The number of rotatable bonds is 5. The molecule has 0 aromatic carbocycles. The van der Waals surface area contributed by atoms with Crippen molar-refractivity contribution in [1.29, 1.82) is 0 Å². The molecular weight excluding hydrogens is 272 g/mol. The van der Waals surface area contributed by atoms with Gasteiger partial charge >= 0.3 is 0 Å². The van der Waals surface area contributed by atoms with E-state index in [1.54, 1.807) is 6.92 Å². The van der Waals surface area contributed by atoms with Crippen molar-refractivity contribution >= 4 is 16.0 Å². The van der Waals surface area contributed by atoms with Gasteiger partial charge in [0.1, 0.15) is 4.90 Å². The highest BCUT2D eigenvalue weighted by molar-refractivity contribution is 7.89. The summed E-state index contributed by atoms with van der Waals surface area (Å²) in [4.78, 5) is 11.2. The van der Waals surface area contributed by atoms with E-state index < -0.39 is 10.0 Å². The first kappa shape index (κ1) is 13.4. The third-order valence-electron chi connectivity index (χ3n) is 2.16. The maximum atomic E-state index is 11.8. The molecule has 9 nitrogen and oxygen atoms in total. The van der Waals surface area contributed by atoms with Gasteiger partial charge < -0.3 is 10.3 Å². The molecule has 0 radical (unpaired) electrons. The zero-order valence-electron chi connectivity index (χ0n) is 10.1. The quantitative estimate of drug-likeness (QED) is 0.733. The van der Waals surface area contributed by atoms with E-state index in [2.05, 4.69) is 24.8 Å². The van der Waals surface area contributed by atoms with Gasteiger partial charge in [-0.2, -0.15) is 4.98 Å². The molecule has 2 aromatic rings. The molecule has 0 saturated heterocycles. The summed E-state index contributed by atoms with van der Waals surface area (Å²) >= 11 is 0. The number of sulfonamides is 1. The van der Waals surface area contributed by atoms with Crippen LogP contribution in [0.2, 0.25) is 0 Å². The fourth-order valence-electron chi connectivity index (χ4n) is 1.28. The summed E-state index contributed by atoms with van der Waals surface area (Å²) in [5, 5.41) is 3.60. The number of aromatic nitrogens is 4. The lowest BCUT2D eigenvalue weighted by atomic mass is 10.4. The molecule has 0 aliphatic rings. The topological polar surface area (TPSA) is 137 Å². The average Bonchev–Trinajstić information content (AvgIpc) is 2.75. The van der Waals surface area contributed by atoms with Gasteiger partial charge in [0, 0.05) is 13.0 Å². The Morgan fingerprint density at radius 1 is 1.37 bits per heavy atom. The summed E-state index contributed by atoms with van der Waals surface area (Å²) in [6, 6.07) is 0. The Balaban J connectivity index is 1.96. The number of hydrogen-bond donors (Lipinski definition) is 2. The standard InChI is InChI=1S/C9H12N6O3S/c1-6-14-8(18-15-6)2-3-13-19(16,17)7-4-11-9(10)12-5-7/h4-5,13H,2-3H2,1H3,(H2,10,11,12). The predicted molar refractivity (Wildman–Crippen MR) is 64.4 cm³/mol. The van der Waals surface area contributed by atoms with Gasteiger partial charge in [0.25, 0.3) is 0 Å². The molecule has 0 amide bonds. The van der Waals surface area contributed by atoms with Crippen molar-refractivity contribution in [3.8, 4) is 0 Å². The molecule has 0 aliphatic carbocycles. The number of nitrogens with one attached hydrogen (secondary N) is 1. The van der Waals surface area contributed by atoms with Crippen LogP contribution in [0.5, 0.6) is 0 Å². The second kappa shape index (κ2) is 5.28. The van der Waals surface area contributed by atoms with Gasteiger partial charge in [-0.25, -0.2) is 23.1 Å². The number of hydrogen-bond acceptors (Lipinski definition) is 8. The molecule has 10 heteroatoms. The first-order valence-electron chi connectivity index (χ1n) is 5.34. The molecule has 102 valence electrons. The number of nitrogen functional groups attached to an aromatic ring is 1. The fraction of sp³-hybridized carbons (Fsp3) is 0.333. The molecule has 19 heavy (non-hydrogen) atoms. The minimum atomic E-state index is -3.66. The largest absolute Gasteiger partial charge is 0.368 e. The second-order valence-corrected chi connectivity index (χ2v) is 5.43. The van der Waals surface area contributed by atoms with Crippen molar-refractivity contribution in [3.63, 3.8) is 0 Å². The molecule has 0 bridgehead atoms.